The van der Waals surface area contributed by atoms with Gasteiger partial charge in [-0.3, -0.25) is 4.98 Å². The van der Waals surface area contributed by atoms with Gasteiger partial charge in [-0.15, -0.1) is 0 Å². The second-order valence-electron chi connectivity index (χ2n) is 5.58. The van der Waals surface area contributed by atoms with Crippen LogP contribution in [0.25, 0.3) is 0 Å². The Hall–Kier alpha value is -1.71. The third kappa shape index (κ3) is 3.06. The van der Waals surface area contributed by atoms with Crippen LogP contribution >= 0.6 is 0 Å². The Labute approximate surface area is 120 Å². The molecule has 0 radical (unpaired) electrons. The Bertz CT molecular complexity index is 553. The molecular formula is C17H21N3. The van der Waals surface area contributed by atoms with Crippen LogP contribution in [0.1, 0.15) is 22.6 Å². The Morgan fingerprint density at radius 3 is 2.85 bits per heavy atom. The van der Waals surface area contributed by atoms with Crippen LogP contribution in [0.15, 0.2) is 48.8 Å². The van der Waals surface area contributed by atoms with Gasteiger partial charge >= 0.3 is 0 Å². The van der Waals surface area contributed by atoms with Gasteiger partial charge in [0.05, 0.1) is 0 Å². The molecule has 0 bridgehead atoms. The zero-order valence-corrected chi connectivity index (χ0v) is 11.9. The third-order valence-electron chi connectivity index (χ3n) is 3.94. The highest BCUT2D eigenvalue weighted by Gasteiger charge is 2.20. The van der Waals surface area contributed by atoms with E-state index >= 15 is 0 Å². The molecule has 104 valence electrons. The largest absolute Gasteiger partial charge is 0.312 e. The summed E-state index contributed by atoms with van der Waals surface area (Å²) in [6.07, 6.45) is 3.72. The lowest BCUT2D eigenvalue weighted by Gasteiger charge is -2.30. The number of hydrogen-bond acceptors (Lipinski definition) is 3. The Morgan fingerprint density at radius 2 is 2.00 bits per heavy atom. The predicted molar refractivity (Wildman–Crippen MR) is 81.5 cm³/mol. The fraction of sp³-hybridized carbons (Fsp3) is 0.353. The summed E-state index contributed by atoms with van der Waals surface area (Å²) in [6.45, 7) is 4.12. The second kappa shape index (κ2) is 6.16. The highest BCUT2D eigenvalue weighted by Crippen LogP contribution is 2.24. The molecule has 3 nitrogen and oxygen atoms in total. The van der Waals surface area contributed by atoms with Gasteiger partial charge in [0.1, 0.15) is 0 Å². The number of hydrogen-bond donors (Lipinski definition) is 1. The molecule has 2 heterocycles. The van der Waals surface area contributed by atoms with Crippen molar-refractivity contribution in [2.24, 2.45) is 0 Å². The zero-order chi connectivity index (χ0) is 13.8. The molecule has 1 atom stereocenters. The van der Waals surface area contributed by atoms with Gasteiger partial charge in [0.25, 0.3) is 0 Å². The van der Waals surface area contributed by atoms with E-state index < -0.39 is 0 Å². The first-order valence-electron chi connectivity index (χ1n) is 7.19. The number of fused-ring (bicyclic) bond motifs is 1. The molecule has 0 saturated heterocycles. The van der Waals surface area contributed by atoms with E-state index in [-0.39, 0.29) is 0 Å². The van der Waals surface area contributed by atoms with E-state index in [4.69, 9.17) is 0 Å². The summed E-state index contributed by atoms with van der Waals surface area (Å²) < 4.78 is 0. The molecule has 0 saturated carbocycles. The van der Waals surface area contributed by atoms with Crippen molar-refractivity contribution >= 4 is 0 Å². The highest BCUT2D eigenvalue weighted by molar-refractivity contribution is 5.33. The van der Waals surface area contributed by atoms with E-state index in [1.165, 1.54) is 16.7 Å². The quantitative estimate of drug-likeness (QED) is 0.922. The molecule has 2 aromatic rings. The van der Waals surface area contributed by atoms with Gasteiger partial charge in [0.15, 0.2) is 0 Å². The van der Waals surface area contributed by atoms with Crippen molar-refractivity contribution in [3.05, 3.63) is 65.5 Å². The van der Waals surface area contributed by atoms with Gasteiger partial charge in [0, 0.05) is 44.5 Å². The molecule has 3 heteroatoms. The molecule has 1 aliphatic heterocycles. The summed E-state index contributed by atoms with van der Waals surface area (Å²) in [5.41, 5.74) is 4.27. The van der Waals surface area contributed by atoms with Gasteiger partial charge < -0.3 is 10.2 Å². The van der Waals surface area contributed by atoms with Crippen LogP contribution in [0.3, 0.4) is 0 Å². The molecule has 1 unspecified atom stereocenters. The number of benzene rings is 1. The summed E-state index contributed by atoms with van der Waals surface area (Å²) in [5.74, 6) is 0.576. The topological polar surface area (TPSA) is 28.2 Å². The van der Waals surface area contributed by atoms with Gasteiger partial charge in [0.2, 0.25) is 0 Å². The lowest BCUT2D eigenvalue weighted by Crippen LogP contribution is -2.35. The minimum atomic E-state index is 0.576. The first-order valence-corrected chi connectivity index (χ1v) is 7.19. The number of likely N-dealkylation sites (N-methyl/N-ethyl adjacent to an activating group) is 1. The van der Waals surface area contributed by atoms with Crippen LogP contribution in [0, 0.1) is 0 Å². The van der Waals surface area contributed by atoms with Gasteiger partial charge in [-0.25, -0.2) is 0 Å². The van der Waals surface area contributed by atoms with Crippen molar-refractivity contribution in [1.29, 1.82) is 0 Å². The average molecular weight is 267 g/mol. The first-order chi connectivity index (χ1) is 9.83. The predicted octanol–water partition coefficient (Wildman–Crippen LogP) is 2.40. The van der Waals surface area contributed by atoms with E-state index in [2.05, 4.69) is 58.6 Å². The maximum atomic E-state index is 4.07. The minimum Gasteiger partial charge on any atom is -0.312 e. The van der Waals surface area contributed by atoms with E-state index in [0.717, 1.165) is 26.2 Å². The summed E-state index contributed by atoms with van der Waals surface area (Å²) in [6, 6.07) is 13.0. The maximum absolute atomic E-state index is 4.07. The van der Waals surface area contributed by atoms with Crippen molar-refractivity contribution < 1.29 is 0 Å². The molecular weight excluding hydrogens is 246 g/mol. The van der Waals surface area contributed by atoms with E-state index in [1.54, 1.807) is 0 Å². The first kappa shape index (κ1) is 13.3. The van der Waals surface area contributed by atoms with Crippen LogP contribution in [-0.4, -0.2) is 30.0 Å². The van der Waals surface area contributed by atoms with Crippen molar-refractivity contribution in [3.8, 4) is 0 Å². The van der Waals surface area contributed by atoms with E-state index in [9.17, 15) is 0 Å². The molecule has 0 amide bonds. The summed E-state index contributed by atoms with van der Waals surface area (Å²) >= 11 is 0. The molecule has 20 heavy (non-hydrogen) atoms. The fourth-order valence-corrected chi connectivity index (χ4v) is 2.99. The van der Waals surface area contributed by atoms with Crippen molar-refractivity contribution in [3.63, 3.8) is 0 Å². The maximum Gasteiger partial charge on any atom is 0.0271 e. The van der Waals surface area contributed by atoms with Crippen molar-refractivity contribution in [2.75, 3.05) is 20.1 Å². The number of nitrogens with zero attached hydrogens (tertiary/aromatic N) is 2. The van der Waals surface area contributed by atoms with E-state index in [0.29, 0.717) is 5.92 Å². The SMILES string of the molecule is CN(Cc1ccncc1)CC1CNCc2ccccc21. The summed E-state index contributed by atoms with van der Waals surface area (Å²) in [4.78, 5) is 6.46. The standard InChI is InChI=1S/C17H21N3/c1-20(12-14-6-8-18-9-7-14)13-16-11-19-10-15-4-2-3-5-17(15)16/h2-9,16,19H,10-13H2,1H3. The van der Waals surface area contributed by atoms with Crippen LogP contribution in [0.4, 0.5) is 0 Å². The average Bonchev–Trinajstić information content (AvgIpc) is 2.48. The van der Waals surface area contributed by atoms with Crippen LogP contribution in [-0.2, 0) is 13.1 Å². The smallest absolute Gasteiger partial charge is 0.0271 e. The molecule has 3 rings (SSSR count). The van der Waals surface area contributed by atoms with Gasteiger partial charge in [-0.05, 0) is 35.9 Å². The van der Waals surface area contributed by atoms with Crippen LogP contribution in [0.2, 0.25) is 0 Å². The fourth-order valence-electron chi connectivity index (χ4n) is 2.99. The second-order valence-corrected chi connectivity index (χ2v) is 5.58. The number of pyridine rings is 1. The van der Waals surface area contributed by atoms with E-state index in [1.807, 2.05) is 12.4 Å². The molecule has 0 spiro atoms. The van der Waals surface area contributed by atoms with Gasteiger partial charge in [-0.1, -0.05) is 24.3 Å². The molecule has 0 fully saturated rings. The Morgan fingerprint density at radius 1 is 1.20 bits per heavy atom. The van der Waals surface area contributed by atoms with Gasteiger partial charge in [-0.2, -0.15) is 0 Å². The highest BCUT2D eigenvalue weighted by atomic mass is 15.1. The molecule has 0 aliphatic carbocycles. The molecule has 1 aliphatic rings. The Kier molecular flexibility index (Phi) is 4.09. The number of rotatable bonds is 4. The Balaban J connectivity index is 1.66. The zero-order valence-electron chi connectivity index (χ0n) is 11.9. The summed E-state index contributed by atoms with van der Waals surface area (Å²) in [5, 5.41) is 3.52. The van der Waals surface area contributed by atoms with Crippen LogP contribution < -0.4 is 5.32 Å². The minimum absolute atomic E-state index is 0.576. The van der Waals surface area contributed by atoms with Crippen molar-refractivity contribution in [2.45, 2.75) is 19.0 Å². The number of nitrogens with one attached hydrogen (secondary N) is 1. The van der Waals surface area contributed by atoms with Crippen molar-refractivity contribution in [1.82, 2.24) is 15.2 Å². The monoisotopic (exact) mass is 267 g/mol. The normalized spacial score (nSPS) is 18.0. The third-order valence-corrected chi connectivity index (χ3v) is 3.94. The molecule has 1 aromatic heterocycles. The molecule has 1 N–H and O–H groups in total. The summed E-state index contributed by atoms with van der Waals surface area (Å²) in [7, 11) is 2.19. The van der Waals surface area contributed by atoms with Crippen LogP contribution in [0.5, 0.6) is 0 Å². The molecule has 1 aromatic carbocycles. The lowest BCUT2D eigenvalue weighted by molar-refractivity contribution is 0.293. The lowest BCUT2D eigenvalue weighted by atomic mass is 9.90. The number of aromatic nitrogens is 1.